The Kier molecular flexibility index (Phi) is 11.4. The lowest BCUT2D eigenvalue weighted by Crippen LogP contribution is -2.22. The highest BCUT2D eigenvalue weighted by Crippen LogP contribution is 2.22. The van der Waals surface area contributed by atoms with E-state index in [-0.39, 0.29) is 37.3 Å². The van der Waals surface area contributed by atoms with Crippen molar-refractivity contribution in [3.63, 3.8) is 0 Å². The topological polar surface area (TPSA) is 62.4 Å². The van der Waals surface area contributed by atoms with Gasteiger partial charge in [0.2, 0.25) is 5.91 Å². The highest BCUT2D eigenvalue weighted by Gasteiger charge is 2.05. The first-order valence-electron chi connectivity index (χ1n) is 7.69. The number of hydrogen-bond acceptors (Lipinski definition) is 4. The number of halogens is 2. The van der Waals surface area contributed by atoms with Gasteiger partial charge in [-0.1, -0.05) is 31.2 Å². The van der Waals surface area contributed by atoms with Crippen LogP contribution in [0.1, 0.15) is 12.5 Å². The Balaban J connectivity index is 0.00000288. The van der Waals surface area contributed by atoms with Crippen molar-refractivity contribution < 1.29 is 9.53 Å². The molecule has 0 spiro atoms. The molecule has 0 heterocycles. The van der Waals surface area contributed by atoms with Gasteiger partial charge in [-0.3, -0.25) is 4.79 Å². The van der Waals surface area contributed by atoms with E-state index in [0.29, 0.717) is 5.75 Å². The van der Waals surface area contributed by atoms with Gasteiger partial charge in [-0.15, -0.1) is 24.8 Å². The number of benzene rings is 2. The van der Waals surface area contributed by atoms with E-state index in [2.05, 4.69) is 22.9 Å². The van der Waals surface area contributed by atoms with Crippen molar-refractivity contribution in [3.8, 4) is 5.75 Å². The number of nitrogens with one attached hydrogen (secondary N) is 3. The molecule has 0 bridgehead atoms. The average molecular weight is 386 g/mol. The van der Waals surface area contributed by atoms with Crippen molar-refractivity contribution in [2.24, 2.45) is 0 Å². The Hall–Kier alpha value is -1.95. The van der Waals surface area contributed by atoms with Crippen LogP contribution < -0.4 is 20.7 Å². The summed E-state index contributed by atoms with van der Waals surface area (Å²) in [6, 6.07) is 15.3. The van der Waals surface area contributed by atoms with E-state index >= 15 is 0 Å². The second-order valence-corrected chi connectivity index (χ2v) is 5.08. The third kappa shape index (κ3) is 7.65. The first-order valence-corrected chi connectivity index (χ1v) is 7.69. The molecule has 25 heavy (non-hydrogen) atoms. The van der Waals surface area contributed by atoms with Crippen LogP contribution in [0.15, 0.2) is 48.5 Å². The van der Waals surface area contributed by atoms with Crippen molar-refractivity contribution in [1.29, 1.82) is 0 Å². The van der Waals surface area contributed by atoms with E-state index in [0.717, 1.165) is 30.0 Å². The molecule has 0 aliphatic carbocycles. The van der Waals surface area contributed by atoms with Crippen LogP contribution in [0.2, 0.25) is 0 Å². The smallest absolute Gasteiger partial charge is 0.243 e. The average Bonchev–Trinajstić information content (AvgIpc) is 2.58. The number of anilines is 2. The van der Waals surface area contributed by atoms with Crippen molar-refractivity contribution >= 4 is 42.1 Å². The standard InChI is InChI=1S/C18H23N3O2.2ClH/c1-3-19-12-14-7-6-8-15(11-14)21-18(22)13-20-16-9-4-5-10-17(16)23-2;;/h4-11,19-20H,3,12-13H2,1-2H3,(H,21,22);2*1H. The van der Waals surface area contributed by atoms with Gasteiger partial charge in [0.05, 0.1) is 19.3 Å². The molecule has 2 aromatic rings. The van der Waals surface area contributed by atoms with Gasteiger partial charge in [0.15, 0.2) is 0 Å². The Morgan fingerprint density at radius 3 is 2.56 bits per heavy atom. The van der Waals surface area contributed by atoms with Gasteiger partial charge in [-0.25, -0.2) is 0 Å². The van der Waals surface area contributed by atoms with Crippen LogP contribution >= 0.6 is 24.8 Å². The molecule has 0 radical (unpaired) electrons. The predicted octanol–water partition coefficient (Wildman–Crippen LogP) is 3.70. The first-order chi connectivity index (χ1) is 11.2. The molecular weight excluding hydrogens is 361 g/mol. The number of ether oxygens (including phenoxy) is 1. The quantitative estimate of drug-likeness (QED) is 0.648. The minimum Gasteiger partial charge on any atom is -0.495 e. The summed E-state index contributed by atoms with van der Waals surface area (Å²) in [4.78, 5) is 12.1. The van der Waals surface area contributed by atoms with Gasteiger partial charge in [0, 0.05) is 12.2 Å². The first kappa shape index (κ1) is 23.1. The third-order valence-corrected chi connectivity index (χ3v) is 3.34. The minimum atomic E-state index is -0.100. The van der Waals surface area contributed by atoms with E-state index in [9.17, 15) is 4.79 Å². The lowest BCUT2D eigenvalue weighted by atomic mass is 10.2. The predicted molar refractivity (Wildman–Crippen MR) is 108 cm³/mol. The number of para-hydroxylation sites is 2. The number of rotatable bonds is 8. The molecule has 0 aromatic heterocycles. The van der Waals surface area contributed by atoms with E-state index < -0.39 is 0 Å². The Labute approximate surface area is 161 Å². The number of hydrogen-bond donors (Lipinski definition) is 3. The van der Waals surface area contributed by atoms with Crippen molar-refractivity contribution in [1.82, 2.24) is 5.32 Å². The van der Waals surface area contributed by atoms with Crippen LogP contribution in [0.3, 0.4) is 0 Å². The third-order valence-electron chi connectivity index (χ3n) is 3.34. The van der Waals surface area contributed by atoms with Crippen LogP contribution in [-0.2, 0) is 11.3 Å². The van der Waals surface area contributed by atoms with Gasteiger partial charge in [0.1, 0.15) is 5.75 Å². The Bertz CT molecular complexity index is 654. The minimum absolute atomic E-state index is 0. The van der Waals surface area contributed by atoms with Gasteiger partial charge in [0.25, 0.3) is 0 Å². The zero-order chi connectivity index (χ0) is 16.5. The van der Waals surface area contributed by atoms with Crippen LogP contribution in [-0.4, -0.2) is 26.1 Å². The molecule has 0 aliphatic heterocycles. The largest absolute Gasteiger partial charge is 0.495 e. The zero-order valence-electron chi connectivity index (χ0n) is 14.4. The lowest BCUT2D eigenvalue weighted by Gasteiger charge is -2.11. The fourth-order valence-electron chi connectivity index (χ4n) is 2.20. The second-order valence-electron chi connectivity index (χ2n) is 5.08. The maximum Gasteiger partial charge on any atom is 0.243 e. The highest BCUT2D eigenvalue weighted by atomic mass is 35.5. The van der Waals surface area contributed by atoms with Crippen LogP contribution in [0, 0.1) is 0 Å². The van der Waals surface area contributed by atoms with Crippen LogP contribution in [0.4, 0.5) is 11.4 Å². The maximum absolute atomic E-state index is 12.1. The van der Waals surface area contributed by atoms with Gasteiger partial charge in [-0.05, 0) is 36.4 Å². The molecule has 0 unspecified atom stereocenters. The molecule has 5 nitrogen and oxygen atoms in total. The van der Waals surface area contributed by atoms with Gasteiger partial charge < -0.3 is 20.7 Å². The Morgan fingerprint density at radius 2 is 1.84 bits per heavy atom. The fourth-order valence-corrected chi connectivity index (χ4v) is 2.20. The summed E-state index contributed by atoms with van der Waals surface area (Å²) in [5.41, 5.74) is 2.74. The highest BCUT2D eigenvalue weighted by molar-refractivity contribution is 5.94. The SMILES string of the molecule is CCNCc1cccc(NC(=O)CNc2ccccc2OC)c1.Cl.Cl. The van der Waals surface area contributed by atoms with Gasteiger partial charge in [-0.2, -0.15) is 0 Å². The number of carbonyl (C=O) groups excluding carboxylic acids is 1. The molecular formula is C18H25Cl2N3O2. The monoisotopic (exact) mass is 385 g/mol. The summed E-state index contributed by atoms with van der Waals surface area (Å²) in [6.45, 7) is 3.95. The van der Waals surface area contributed by atoms with E-state index in [1.54, 1.807) is 7.11 Å². The molecule has 0 aliphatic rings. The van der Waals surface area contributed by atoms with Gasteiger partial charge >= 0.3 is 0 Å². The van der Waals surface area contributed by atoms with Crippen molar-refractivity contribution in [2.45, 2.75) is 13.5 Å². The van der Waals surface area contributed by atoms with Crippen LogP contribution in [0.25, 0.3) is 0 Å². The molecule has 2 rings (SSSR count). The number of carbonyl (C=O) groups is 1. The summed E-state index contributed by atoms with van der Waals surface area (Å²) in [5, 5.41) is 9.25. The summed E-state index contributed by atoms with van der Waals surface area (Å²) < 4.78 is 5.25. The summed E-state index contributed by atoms with van der Waals surface area (Å²) >= 11 is 0. The summed E-state index contributed by atoms with van der Waals surface area (Å²) in [6.07, 6.45) is 0. The van der Waals surface area contributed by atoms with E-state index in [4.69, 9.17) is 4.74 Å². The fraction of sp³-hybridized carbons (Fsp3) is 0.278. The number of methoxy groups -OCH3 is 1. The van der Waals surface area contributed by atoms with Crippen LogP contribution in [0.5, 0.6) is 5.75 Å². The number of amides is 1. The second kappa shape index (κ2) is 12.4. The molecule has 0 saturated heterocycles. The molecule has 0 fully saturated rings. The molecule has 0 atom stereocenters. The Morgan fingerprint density at radius 1 is 1.08 bits per heavy atom. The zero-order valence-corrected chi connectivity index (χ0v) is 16.0. The lowest BCUT2D eigenvalue weighted by molar-refractivity contribution is -0.114. The normalized spacial score (nSPS) is 9.36. The molecule has 0 saturated carbocycles. The maximum atomic E-state index is 12.1. The molecule has 138 valence electrons. The molecule has 3 N–H and O–H groups in total. The summed E-state index contributed by atoms with van der Waals surface area (Å²) in [5.74, 6) is 0.615. The molecule has 2 aromatic carbocycles. The van der Waals surface area contributed by atoms with Crippen molar-refractivity contribution in [3.05, 3.63) is 54.1 Å². The van der Waals surface area contributed by atoms with Crippen molar-refractivity contribution in [2.75, 3.05) is 30.8 Å². The molecule has 7 heteroatoms. The summed E-state index contributed by atoms with van der Waals surface area (Å²) in [7, 11) is 1.61. The molecule has 1 amide bonds. The van der Waals surface area contributed by atoms with E-state index in [1.807, 2.05) is 48.5 Å². The van der Waals surface area contributed by atoms with E-state index in [1.165, 1.54) is 0 Å².